The summed E-state index contributed by atoms with van der Waals surface area (Å²) in [6.45, 7) is 8.90. The second kappa shape index (κ2) is 9.18. The molecular weight excluding hydrogens is 565 g/mol. The smallest absolute Gasteiger partial charge is 0.117 e. The first-order valence-electron chi connectivity index (χ1n) is 13.3. The van der Waals surface area contributed by atoms with E-state index in [2.05, 4.69) is 122 Å². The van der Waals surface area contributed by atoms with Gasteiger partial charge in [0.25, 0.3) is 0 Å². The van der Waals surface area contributed by atoms with E-state index in [0.29, 0.717) is 0 Å². The van der Waals surface area contributed by atoms with Crippen LogP contribution in [-0.2, 0) is 0 Å². The molecule has 4 heterocycles. The molecule has 6 aromatic rings. The van der Waals surface area contributed by atoms with E-state index in [9.17, 15) is 0 Å². The predicted molar refractivity (Wildman–Crippen MR) is 178 cm³/mol. The molecule has 4 aromatic carbocycles. The largest absolute Gasteiger partial charge is 0.292 e. The second-order valence-corrected chi connectivity index (χ2v) is 14.7. The highest BCUT2D eigenvalue weighted by atomic mass is 32.2. The highest BCUT2D eigenvalue weighted by Gasteiger charge is 2.38. The van der Waals surface area contributed by atoms with E-state index < -0.39 is 0 Å². The second-order valence-electron chi connectivity index (χ2n) is 10.5. The molecule has 0 fully saturated rings. The lowest BCUT2D eigenvalue weighted by molar-refractivity contribution is 1.18. The molecule has 2 aliphatic rings. The molecule has 0 radical (unpaired) electrons. The Balaban J connectivity index is 1.40. The van der Waals surface area contributed by atoms with Gasteiger partial charge >= 0.3 is 0 Å². The summed E-state index contributed by atoms with van der Waals surface area (Å²) in [5.74, 6) is 0. The van der Waals surface area contributed by atoms with Gasteiger partial charge in [0.1, 0.15) is 20.1 Å². The third-order valence-electron chi connectivity index (χ3n) is 7.90. The maximum absolute atomic E-state index is 2.52. The van der Waals surface area contributed by atoms with Crippen molar-refractivity contribution in [3.05, 3.63) is 117 Å². The summed E-state index contributed by atoms with van der Waals surface area (Å²) < 4.78 is 2.64. The number of thioether (sulfide) groups is 2. The van der Waals surface area contributed by atoms with Crippen molar-refractivity contribution in [3.63, 3.8) is 0 Å². The van der Waals surface area contributed by atoms with Crippen LogP contribution in [0, 0.1) is 27.7 Å². The highest BCUT2D eigenvalue weighted by Crippen LogP contribution is 2.61. The lowest BCUT2D eigenvalue weighted by atomic mass is 10.1. The Kier molecular flexibility index (Phi) is 5.65. The molecule has 196 valence electrons. The molecule has 2 aromatic heterocycles. The highest BCUT2D eigenvalue weighted by molar-refractivity contribution is 8.07. The molecule has 0 atom stereocenters. The SMILES string of the molecule is Cc1cc2c(cc1C)N(c1cc3ccccc3s1)/C(=C1\Sc3cc(C)c(C)cc3N1c1cc3ccccc3s1)S2. The van der Waals surface area contributed by atoms with Crippen LogP contribution in [0.25, 0.3) is 20.2 Å². The first-order chi connectivity index (χ1) is 19.4. The van der Waals surface area contributed by atoms with Crippen LogP contribution >= 0.6 is 46.2 Å². The minimum atomic E-state index is 1.26. The molecule has 0 unspecified atom stereocenters. The van der Waals surface area contributed by atoms with Gasteiger partial charge in [-0.05, 0) is 109 Å². The molecule has 2 nitrogen and oxygen atoms in total. The lowest BCUT2D eigenvalue weighted by Crippen LogP contribution is -2.17. The molecule has 8 rings (SSSR count). The van der Waals surface area contributed by atoms with Gasteiger partial charge < -0.3 is 0 Å². The van der Waals surface area contributed by atoms with E-state index in [-0.39, 0.29) is 0 Å². The average Bonchev–Trinajstić information content (AvgIpc) is 3.71. The third kappa shape index (κ3) is 3.77. The Morgan fingerprint density at radius 1 is 0.475 bits per heavy atom. The van der Waals surface area contributed by atoms with Crippen LogP contribution in [0.15, 0.2) is 105 Å². The number of anilines is 4. The van der Waals surface area contributed by atoms with E-state index in [1.807, 2.05) is 46.2 Å². The minimum absolute atomic E-state index is 1.26. The Hall–Kier alpha value is -3.16. The summed E-state index contributed by atoms with van der Waals surface area (Å²) in [7, 11) is 0. The zero-order valence-corrected chi connectivity index (χ0v) is 25.9. The number of benzene rings is 4. The van der Waals surface area contributed by atoms with Gasteiger partial charge in [0.15, 0.2) is 0 Å². The van der Waals surface area contributed by atoms with Crippen molar-refractivity contribution in [1.29, 1.82) is 0 Å². The van der Waals surface area contributed by atoms with Crippen LogP contribution in [0.3, 0.4) is 0 Å². The van der Waals surface area contributed by atoms with Crippen LogP contribution in [0.2, 0.25) is 0 Å². The minimum Gasteiger partial charge on any atom is -0.292 e. The summed E-state index contributed by atoms with van der Waals surface area (Å²) in [6.07, 6.45) is 0. The fourth-order valence-corrected chi connectivity index (χ4v) is 10.3. The van der Waals surface area contributed by atoms with E-state index in [1.165, 1.54) is 83.7 Å². The van der Waals surface area contributed by atoms with Crippen molar-refractivity contribution >= 4 is 87.7 Å². The molecule has 0 saturated heterocycles. The molecule has 0 aliphatic carbocycles. The number of thiophene rings is 2. The quantitative estimate of drug-likeness (QED) is 0.198. The van der Waals surface area contributed by atoms with Crippen molar-refractivity contribution in [2.24, 2.45) is 0 Å². The van der Waals surface area contributed by atoms with Crippen LogP contribution in [-0.4, -0.2) is 0 Å². The van der Waals surface area contributed by atoms with Gasteiger partial charge in [-0.2, -0.15) is 0 Å². The summed E-state index contributed by atoms with van der Waals surface area (Å²) in [4.78, 5) is 7.68. The van der Waals surface area contributed by atoms with Crippen LogP contribution < -0.4 is 9.80 Å². The van der Waals surface area contributed by atoms with Gasteiger partial charge in [-0.15, -0.1) is 22.7 Å². The number of aryl methyl sites for hydroxylation is 4. The normalized spacial score (nSPS) is 16.4. The van der Waals surface area contributed by atoms with Gasteiger partial charge in [0, 0.05) is 19.2 Å². The van der Waals surface area contributed by atoms with Crippen molar-refractivity contribution in [2.45, 2.75) is 37.5 Å². The first-order valence-corrected chi connectivity index (χ1v) is 16.6. The third-order valence-corrected chi connectivity index (χ3v) is 12.5. The molecule has 0 bridgehead atoms. The lowest BCUT2D eigenvalue weighted by Gasteiger charge is -2.25. The maximum Gasteiger partial charge on any atom is 0.117 e. The van der Waals surface area contributed by atoms with Crippen molar-refractivity contribution < 1.29 is 0 Å². The Bertz CT molecular complexity index is 1820. The molecule has 40 heavy (non-hydrogen) atoms. The summed E-state index contributed by atoms with van der Waals surface area (Å²) in [5.41, 5.74) is 7.88. The van der Waals surface area contributed by atoms with E-state index >= 15 is 0 Å². The standard InChI is InChI=1S/C34H26N2S4/c1-19-13-25-29(15-21(19)3)39-33(35(25)31-17-23-9-5-7-11-27(23)37-31)34-36(26-14-20(2)22(4)16-30(26)40-34)32-18-24-10-6-8-12-28(24)38-32/h5-18H,1-4H3/b34-33+. The Morgan fingerprint density at radius 3 is 1.30 bits per heavy atom. The molecular formula is C34H26N2S4. The number of hydrogen-bond acceptors (Lipinski definition) is 6. The zero-order chi connectivity index (χ0) is 27.1. The number of rotatable bonds is 2. The zero-order valence-electron chi connectivity index (χ0n) is 22.6. The topological polar surface area (TPSA) is 6.48 Å². The van der Waals surface area contributed by atoms with Gasteiger partial charge in [0.2, 0.25) is 0 Å². The Morgan fingerprint density at radius 2 is 0.875 bits per heavy atom. The van der Waals surface area contributed by atoms with Crippen molar-refractivity contribution in [1.82, 2.24) is 0 Å². The fourth-order valence-electron chi connectivity index (χ4n) is 5.45. The average molecular weight is 591 g/mol. The number of fused-ring (bicyclic) bond motifs is 4. The molecule has 2 aliphatic heterocycles. The molecule has 0 N–H and O–H groups in total. The number of nitrogens with zero attached hydrogens (tertiary/aromatic N) is 2. The molecule has 6 heteroatoms. The predicted octanol–water partition coefficient (Wildman–Crippen LogP) is 11.7. The van der Waals surface area contributed by atoms with E-state index in [4.69, 9.17) is 0 Å². The molecule has 0 spiro atoms. The molecule has 0 amide bonds. The van der Waals surface area contributed by atoms with Crippen LogP contribution in [0.5, 0.6) is 0 Å². The fraction of sp³-hybridized carbons (Fsp3) is 0.118. The summed E-state index contributed by atoms with van der Waals surface area (Å²) >= 11 is 7.56. The van der Waals surface area contributed by atoms with Gasteiger partial charge in [-0.25, -0.2) is 0 Å². The molecule has 0 saturated carbocycles. The monoisotopic (exact) mass is 590 g/mol. The summed E-state index contributed by atoms with van der Waals surface area (Å²) in [5, 5.41) is 7.67. The van der Waals surface area contributed by atoms with E-state index in [0.717, 1.165) is 0 Å². The van der Waals surface area contributed by atoms with Crippen LogP contribution in [0.1, 0.15) is 22.3 Å². The van der Waals surface area contributed by atoms with Gasteiger partial charge in [0.05, 0.1) is 11.4 Å². The maximum atomic E-state index is 2.52. The first kappa shape index (κ1) is 24.6. The Labute approximate surface area is 251 Å². The van der Waals surface area contributed by atoms with E-state index in [1.54, 1.807) is 0 Å². The van der Waals surface area contributed by atoms with Crippen molar-refractivity contribution in [2.75, 3.05) is 9.80 Å². The van der Waals surface area contributed by atoms with Gasteiger partial charge in [-0.1, -0.05) is 59.9 Å². The van der Waals surface area contributed by atoms with Gasteiger partial charge in [-0.3, -0.25) is 9.80 Å². The summed E-state index contributed by atoms with van der Waals surface area (Å²) in [6, 6.07) is 31.7. The van der Waals surface area contributed by atoms with Crippen LogP contribution in [0.4, 0.5) is 21.4 Å². The number of hydrogen-bond donors (Lipinski definition) is 0. The van der Waals surface area contributed by atoms with Crippen molar-refractivity contribution in [3.8, 4) is 0 Å².